The van der Waals surface area contributed by atoms with Gasteiger partial charge in [0.05, 0.1) is 23.4 Å². The van der Waals surface area contributed by atoms with Crippen LogP contribution in [0, 0.1) is 28.1 Å². The highest BCUT2D eigenvalue weighted by Gasteiger charge is 2.37. The highest BCUT2D eigenvalue weighted by Crippen LogP contribution is 2.41. The monoisotopic (exact) mass is 950 g/mol. The fourth-order valence-electron chi connectivity index (χ4n) is 7.64. The number of allylic oxidation sites excluding steroid dienone is 12. The minimum Gasteiger partial charge on any atom is -0.495 e. The number of aliphatic carboxylic acids is 1. The van der Waals surface area contributed by atoms with Crippen LogP contribution in [0.15, 0.2) is 109 Å². The Labute approximate surface area is 409 Å². The minimum absolute atomic E-state index is 0.0482. The van der Waals surface area contributed by atoms with Crippen molar-refractivity contribution in [1.29, 1.82) is 0 Å². The number of aliphatic hydroxyl groups excluding tert-OH is 1. The molecule has 1 aliphatic carbocycles. The van der Waals surface area contributed by atoms with Gasteiger partial charge in [0.15, 0.2) is 6.10 Å². The van der Waals surface area contributed by atoms with Gasteiger partial charge in [0, 0.05) is 17.7 Å². The second kappa shape index (κ2) is 29.2. The molecule has 1 aliphatic rings. The summed E-state index contributed by atoms with van der Waals surface area (Å²) in [5, 5.41) is 20.2. The topological polar surface area (TPSA) is 181 Å². The van der Waals surface area contributed by atoms with Crippen LogP contribution in [-0.4, -0.2) is 78.3 Å². The number of carbonyl (C=O) groups is 4. The van der Waals surface area contributed by atoms with Gasteiger partial charge in [-0.3, -0.25) is 9.59 Å². The molecule has 0 saturated carbocycles. The molecule has 68 heavy (non-hydrogen) atoms. The molecular weight excluding hydrogens is 863 g/mol. The van der Waals surface area contributed by atoms with Crippen LogP contribution in [0.5, 0.6) is 0 Å². The van der Waals surface area contributed by atoms with E-state index in [0.717, 1.165) is 66.5 Å². The summed E-state index contributed by atoms with van der Waals surface area (Å²) in [6.45, 7) is 38.2. The fourth-order valence-corrected chi connectivity index (χ4v) is 7.64. The highest BCUT2D eigenvalue weighted by molar-refractivity contribution is 5.82. The quantitative estimate of drug-likeness (QED) is 0.0142. The van der Waals surface area contributed by atoms with Gasteiger partial charge in [-0.1, -0.05) is 125 Å². The maximum atomic E-state index is 13.4. The third-order valence-corrected chi connectivity index (χ3v) is 14.0. The molecule has 0 aromatic heterocycles. The zero-order valence-electron chi connectivity index (χ0n) is 43.5. The Hall–Kier alpha value is -4.94. The molecule has 0 aromatic carbocycles. The van der Waals surface area contributed by atoms with Gasteiger partial charge in [-0.2, -0.15) is 0 Å². The Balaban J connectivity index is 3.46. The molecule has 0 spiro atoms. The molecular formula is C56H87NO11. The summed E-state index contributed by atoms with van der Waals surface area (Å²) in [7, 11) is 0. The molecule has 12 nitrogen and oxygen atoms in total. The minimum atomic E-state index is -1.08. The Kier molecular flexibility index (Phi) is 26.2. The fraction of sp³-hybridized carbons (Fsp3) is 0.607. The van der Waals surface area contributed by atoms with Crippen molar-refractivity contribution in [1.82, 2.24) is 0 Å². The zero-order chi connectivity index (χ0) is 51.9. The maximum absolute atomic E-state index is 13.4. The summed E-state index contributed by atoms with van der Waals surface area (Å²) < 4.78 is 28.4. The number of carboxylic acid groups (broad SMARTS) is 1. The van der Waals surface area contributed by atoms with Crippen LogP contribution >= 0.6 is 0 Å². The van der Waals surface area contributed by atoms with E-state index in [0.29, 0.717) is 37.2 Å². The molecule has 0 aromatic rings. The normalized spacial score (nSPS) is 18.8. The summed E-state index contributed by atoms with van der Waals surface area (Å²) in [6, 6.07) is 0. The van der Waals surface area contributed by atoms with Crippen molar-refractivity contribution < 1.29 is 53.1 Å². The van der Waals surface area contributed by atoms with E-state index < -0.39 is 58.9 Å². The lowest BCUT2D eigenvalue weighted by atomic mass is 9.70. The Morgan fingerprint density at radius 1 is 0.676 bits per heavy atom. The van der Waals surface area contributed by atoms with Crippen molar-refractivity contribution in [3.63, 3.8) is 0 Å². The van der Waals surface area contributed by atoms with E-state index in [-0.39, 0.29) is 50.1 Å². The molecule has 0 heterocycles. The predicted octanol–water partition coefficient (Wildman–Crippen LogP) is 11.5. The summed E-state index contributed by atoms with van der Waals surface area (Å²) >= 11 is 0. The lowest BCUT2D eigenvalue weighted by Crippen LogP contribution is -2.42. The SMILES string of the molecule is C=CC(=O)OCC(O)CO/C(C)=C(/C=C\C(=C)C(C)(CC)CC)CCC(C)(N)CC(C)(CC)C(=C)/C=C\C(CCC(C)(C)CC)=C(/C)OCC(COC(=O)C=C)OC(=O)C1CC=CCC1C(=O)O. The van der Waals surface area contributed by atoms with Crippen LogP contribution < -0.4 is 5.73 Å². The average Bonchev–Trinajstić information content (AvgIpc) is 3.31. The van der Waals surface area contributed by atoms with Gasteiger partial charge in [-0.25, -0.2) is 9.59 Å². The molecule has 0 amide bonds. The Morgan fingerprint density at radius 3 is 1.60 bits per heavy atom. The van der Waals surface area contributed by atoms with E-state index in [9.17, 15) is 29.4 Å². The molecule has 12 heteroatoms. The molecule has 0 radical (unpaired) electrons. The molecule has 0 bridgehead atoms. The first-order chi connectivity index (χ1) is 31.8. The third-order valence-electron chi connectivity index (χ3n) is 14.0. The molecule has 382 valence electrons. The molecule has 0 aliphatic heterocycles. The molecule has 6 unspecified atom stereocenters. The van der Waals surface area contributed by atoms with Gasteiger partial charge in [0.2, 0.25) is 0 Å². The smallest absolute Gasteiger partial charge is 0.330 e. The number of aliphatic hydroxyl groups is 1. The van der Waals surface area contributed by atoms with Crippen molar-refractivity contribution >= 4 is 23.9 Å². The lowest BCUT2D eigenvalue weighted by molar-refractivity contribution is -0.168. The summed E-state index contributed by atoms with van der Waals surface area (Å²) in [4.78, 5) is 48.9. The first kappa shape index (κ1) is 61.1. The Bertz CT molecular complexity index is 1890. The summed E-state index contributed by atoms with van der Waals surface area (Å²) in [5.41, 5.74) is 9.86. The molecule has 1 rings (SSSR count). The van der Waals surface area contributed by atoms with Crippen LogP contribution in [0.3, 0.4) is 0 Å². The second-order valence-electron chi connectivity index (χ2n) is 19.9. The highest BCUT2D eigenvalue weighted by atomic mass is 16.6. The summed E-state index contributed by atoms with van der Waals surface area (Å²) in [5.74, 6) is -3.67. The van der Waals surface area contributed by atoms with Crippen molar-refractivity contribution in [2.75, 3.05) is 26.4 Å². The van der Waals surface area contributed by atoms with Crippen LogP contribution in [0.4, 0.5) is 0 Å². The van der Waals surface area contributed by atoms with E-state index in [1.165, 1.54) is 0 Å². The van der Waals surface area contributed by atoms with Crippen LogP contribution in [0.25, 0.3) is 0 Å². The van der Waals surface area contributed by atoms with Gasteiger partial charge >= 0.3 is 23.9 Å². The van der Waals surface area contributed by atoms with Crippen LogP contribution in [-0.2, 0) is 42.9 Å². The zero-order valence-corrected chi connectivity index (χ0v) is 43.5. The number of nitrogens with two attached hydrogens (primary N) is 1. The van der Waals surface area contributed by atoms with Gasteiger partial charge < -0.3 is 39.6 Å². The maximum Gasteiger partial charge on any atom is 0.330 e. The average molecular weight is 950 g/mol. The molecule has 0 saturated heterocycles. The van der Waals surface area contributed by atoms with Crippen molar-refractivity contribution in [3.05, 3.63) is 109 Å². The first-order valence-corrected chi connectivity index (χ1v) is 24.3. The van der Waals surface area contributed by atoms with E-state index in [4.69, 9.17) is 29.4 Å². The van der Waals surface area contributed by atoms with Crippen molar-refractivity contribution in [2.24, 2.45) is 33.8 Å². The van der Waals surface area contributed by atoms with Crippen LogP contribution in [0.1, 0.15) is 147 Å². The number of rotatable bonds is 33. The number of hydrogen-bond donors (Lipinski definition) is 3. The number of carbonyl (C=O) groups excluding carboxylic acids is 3. The van der Waals surface area contributed by atoms with Crippen molar-refractivity contribution in [3.8, 4) is 0 Å². The molecule has 6 atom stereocenters. The van der Waals surface area contributed by atoms with Gasteiger partial charge in [0.1, 0.15) is 32.5 Å². The second-order valence-corrected chi connectivity index (χ2v) is 19.9. The third kappa shape index (κ3) is 21.1. The van der Waals surface area contributed by atoms with E-state index >= 15 is 0 Å². The van der Waals surface area contributed by atoms with Gasteiger partial charge in [0.25, 0.3) is 0 Å². The number of carboxylic acids is 1. The lowest BCUT2D eigenvalue weighted by Gasteiger charge is -2.38. The van der Waals surface area contributed by atoms with E-state index in [1.54, 1.807) is 12.2 Å². The van der Waals surface area contributed by atoms with Gasteiger partial charge in [-0.15, -0.1) is 0 Å². The van der Waals surface area contributed by atoms with E-state index in [1.807, 2.05) is 38.2 Å². The van der Waals surface area contributed by atoms with E-state index in [2.05, 4.69) is 88.6 Å². The molecule has 4 N–H and O–H groups in total. The molecule has 0 fully saturated rings. The largest absolute Gasteiger partial charge is 0.495 e. The number of ether oxygens (including phenoxy) is 5. The Morgan fingerprint density at radius 2 is 1.12 bits per heavy atom. The van der Waals surface area contributed by atoms with Crippen molar-refractivity contribution in [2.45, 2.75) is 165 Å². The number of esters is 3. The number of hydrogen-bond acceptors (Lipinski definition) is 11. The predicted molar refractivity (Wildman–Crippen MR) is 272 cm³/mol. The summed E-state index contributed by atoms with van der Waals surface area (Å²) in [6.07, 6.45) is 19.1. The van der Waals surface area contributed by atoms with Gasteiger partial charge in [-0.05, 0) is 124 Å². The first-order valence-electron chi connectivity index (χ1n) is 24.3. The van der Waals surface area contributed by atoms with Crippen LogP contribution in [0.2, 0.25) is 0 Å². The standard InChI is InChI=1S/C56H87NO11/c1-16-49(59)66-35-45(58)34-64-41(9)44(28-26-39(7)54(13,19-4)20-5)31-33-56(15,57)38-55(14,21-6)40(8)27-29-43(30-32-53(11,12)18-3)42(10)65-36-46(37-67-50(60)17-2)68-52(63)48-25-23-22-24-47(48)51(61)62/h16-17,22-23,26-29,45-48,58H,1-2,7-8,18-21,24-25,30-38,57H2,3-6,9-15H3,(H,61,62)/b28-26-,29-27-,43-42-,44-41-.